The molecule has 0 saturated heterocycles. The van der Waals surface area contributed by atoms with Crippen LogP contribution in [-0.2, 0) is 11.3 Å². The van der Waals surface area contributed by atoms with Crippen LogP contribution in [0.1, 0.15) is 39.7 Å². The monoisotopic (exact) mass is 262 g/mol. The van der Waals surface area contributed by atoms with Gasteiger partial charge >= 0.3 is 0 Å². The highest BCUT2D eigenvalue weighted by Gasteiger charge is 2.14. The molecule has 0 unspecified atom stereocenters. The number of rotatable bonds is 6. The Balaban J connectivity index is 2.39. The summed E-state index contributed by atoms with van der Waals surface area (Å²) in [5, 5.41) is 3.00. The molecule has 0 aromatic heterocycles. The maximum absolute atomic E-state index is 11.8. The number of nitrogens with one attached hydrogen (secondary N) is 1. The minimum absolute atomic E-state index is 0.124. The van der Waals surface area contributed by atoms with Gasteiger partial charge in [0.25, 0.3) is 0 Å². The van der Waals surface area contributed by atoms with Crippen molar-refractivity contribution in [2.75, 3.05) is 13.1 Å². The summed E-state index contributed by atoms with van der Waals surface area (Å²) in [6.45, 7) is 10.8. The van der Waals surface area contributed by atoms with Crippen LogP contribution in [-0.4, -0.2) is 29.4 Å². The zero-order valence-electron chi connectivity index (χ0n) is 12.6. The second-order valence-electron chi connectivity index (χ2n) is 5.90. The van der Waals surface area contributed by atoms with Crippen LogP contribution in [0.15, 0.2) is 30.3 Å². The van der Waals surface area contributed by atoms with Crippen molar-refractivity contribution in [3.63, 3.8) is 0 Å². The van der Waals surface area contributed by atoms with Gasteiger partial charge in [0, 0.05) is 25.0 Å². The van der Waals surface area contributed by atoms with Crippen molar-refractivity contribution in [1.29, 1.82) is 0 Å². The van der Waals surface area contributed by atoms with Crippen molar-refractivity contribution < 1.29 is 4.79 Å². The first-order chi connectivity index (χ1) is 8.90. The van der Waals surface area contributed by atoms with Gasteiger partial charge in [-0.1, -0.05) is 37.3 Å². The summed E-state index contributed by atoms with van der Waals surface area (Å²) in [7, 11) is 0. The Labute approximate surface area is 117 Å². The molecule has 0 atom stereocenters. The lowest BCUT2D eigenvalue weighted by Gasteiger charge is -2.23. The van der Waals surface area contributed by atoms with Crippen LogP contribution in [0.25, 0.3) is 0 Å². The summed E-state index contributed by atoms with van der Waals surface area (Å²) in [4.78, 5) is 14.1. The number of hydrogen-bond acceptors (Lipinski definition) is 2. The van der Waals surface area contributed by atoms with Gasteiger partial charge in [-0.05, 0) is 32.9 Å². The topological polar surface area (TPSA) is 32.3 Å². The van der Waals surface area contributed by atoms with Crippen LogP contribution in [0.2, 0.25) is 0 Å². The zero-order chi connectivity index (χ0) is 14.3. The minimum atomic E-state index is -0.145. The SMILES string of the molecule is CCN(CCC(=O)NC(C)(C)C)Cc1ccccc1. The maximum atomic E-state index is 11.8. The van der Waals surface area contributed by atoms with E-state index in [1.807, 2.05) is 26.8 Å². The van der Waals surface area contributed by atoms with Crippen molar-refractivity contribution >= 4 is 5.91 Å². The Morgan fingerprint density at radius 3 is 2.37 bits per heavy atom. The molecule has 0 spiro atoms. The number of hydrogen-bond donors (Lipinski definition) is 1. The maximum Gasteiger partial charge on any atom is 0.221 e. The Hall–Kier alpha value is -1.35. The fourth-order valence-electron chi connectivity index (χ4n) is 1.93. The standard InChI is InChI=1S/C16H26N2O/c1-5-18(13-14-9-7-6-8-10-14)12-11-15(19)17-16(2,3)4/h6-10H,5,11-13H2,1-4H3,(H,17,19). The third-order valence-electron chi connectivity index (χ3n) is 2.87. The highest BCUT2D eigenvalue weighted by Crippen LogP contribution is 2.05. The first-order valence-electron chi connectivity index (χ1n) is 6.98. The van der Waals surface area contributed by atoms with Gasteiger partial charge in [0.05, 0.1) is 0 Å². The Bertz CT molecular complexity index is 381. The normalized spacial score (nSPS) is 11.6. The van der Waals surface area contributed by atoms with E-state index in [0.717, 1.165) is 19.6 Å². The van der Waals surface area contributed by atoms with E-state index in [9.17, 15) is 4.79 Å². The van der Waals surface area contributed by atoms with Crippen LogP contribution in [0, 0.1) is 0 Å². The lowest BCUT2D eigenvalue weighted by atomic mass is 10.1. The summed E-state index contributed by atoms with van der Waals surface area (Å²) < 4.78 is 0. The molecule has 0 saturated carbocycles. The van der Waals surface area contributed by atoms with Crippen molar-refractivity contribution in [2.24, 2.45) is 0 Å². The molecule has 1 rings (SSSR count). The molecule has 0 radical (unpaired) electrons. The van der Waals surface area contributed by atoms with E-state index in [4.69, 9.17) is 0 Å². The highest BCUT2D eigenvalue weighted by atomic mass is 16.1. The molecule has 0 aliphatic rings. The van der Waals surface area contributed by atoms with Crippen LogP contribution in [0.5, 0.6) is 0 Å². The summed E-state index contributed by atoms with van der Waals surface area (Å²) in [6.07, 6.45) is 0.554. The first-order valence-corrected chi connectivity index (χ1v) is 6.98. The lowest BCUT2D eigenvalue weighted by Crippen LogP contribution is -2.41. The molecule has 1 aromatic carbocycles. The van der Waals surface area contributed by atoms with E-state index in [2.05, 4.69) is 41.4 Å². The van der Waals surface area contributed by atoms with Gasteiger partial charge in [0.2, 0.25) is 5.91 Å². The molecular formula is C16H26N2O. The number of carbonyl (C=O) groups excluding carboxylic acids is 1. The quantitative estimate of drug-likeness (QED) is 0.855. The van der Waals surface area contributed by atoms with Gasteiger partial charge in [-0.3, -0.25) is 9.69 Å². The van der Waals surface area contributed by atoms with Gasteiger partial charge in [-0.15, -0.1) is 0 Å². The van der Waals surface area contributed by atoms with Gasteiger partial charge < -0.3 is 5.32 Å². The average Bonchev–Trinajstić information content (AvgIpc) is 2.33. The van der Waals surface area contributed by atoms with Gasteiger partial charge in [-0.25, -0.2) is 0 Å². The predicted octanol–water partition coefficient (Wildman–Crippen LogP) is 2.81. The molecule has 3 heteroatoms. The largest absolute Gasteiger partial charge is 0.351 e. The predicted molar refractivity (Wildman–Crippen MR) is 79.9 cm³/mol. The average molecular weight is 262 g/mol. The van der Waals surface area contributed by atoms with Crippen molar-refractivity contribution in [3.8, 4) is 0 Å². The number of nitrogens with zero attached hydrogens (tertiary/aromatic N) is 1. The molecule has 0 fully saturated rings. The summed E-state index contributed by atoms with van der Waals surface area (Å²) in [5.41, 5.74) is 1.15. The van der Waals surface area contributed by atoms with Crippen LogP contribution in [0.3, 0.4) is 0 Å². The van der Waals surface area contributed by atoms with E-state index >= 15 is 0 Å². The minimum Gasteiger partial charge on any atom is -0.351 e. The molecule has 19 heavy (non-hydrogen) atoms. The molecule has 1 N–H and O–H groups in total. The molecule has 1 aromatic rings. The molecule has 0 bridgehead atoms. The van der Waals surface area contributed by atoms with Crippen molar-refractivity contribution in [1.82, 2.24) is 10.2 Å². The van der Waals surface area contributed by atoms with Crippen LogP contribution >= 0.6 is 0 Å². The Kier molecular flexibility index (Phi) is 6.03. The Morgan fingerprint density at radius 2 is 1.84 bits per heavy atom. The van der Waals surface area contributed by atoms with E-state index in [0.29, 0.717) is 6.42 Å². The van der Waals surface area contributed by atoms with Gasteiger partial charge in [0.15, 0.2) is 0 Å². The third-order valence-corrected chi connectivity index (χ3v) is 2.87. The molecule has 3 nitrogen and oxygen atoms in total. The Morgan fingerprint density at radius 1 is 1.21 bits per heavy atom. The van der Waals surface area contributed by atoms with Gasteiger partial charge in [-0.2, -0.15) is 0 Å². The lowest BCUT2D eigenvalue weighted by molar-refractivity contribution is -0.122. The molecule has 0 aliphatic carbocycles. The number of amides is 1. The number of benzene rings is 1. The summed E-state index contributed by atoms with van der Waals surface area (Å²) in [5.74, 6) is 0.124. The fraction of sp³-hybridized carbons (Fsp3) is 0.562. The second kappa shape index (κ2) is 7.29. The van der Waals surface area contributed by atoms with Crippen LogP contribution < -0.4 is 5.32 Å². The smallest absolute Gasteiger partial charge is 0.221 e. The van der Waals surface area contributed by atoms with E-state index in [1.165, 1.54) is 5.56 Å². The number of carbonyl (C=O) groups is 1. The molecule has 106 valence electrons. The third kappa shape index (κ3) is 6.97. The van der Waals surface area contributed by atoms with E-state index < -0.39 is 0 Å². The molecule has 1 amide bonds. The van der Waals surface area contributed by atoms with Crippen LogP contribution in [0.4, 0.5) is 0 Å². The fourth-order valence-corrected chi connectivity index (χ4v) is 1.93. The molecular weight excluding hydrogens is 236 g/mol. The van der Waals surface area contributed by atoms with E-state index in [-0.39, 0.29) is 11.4 Å². The zero-order valence-corrected chi connectivity index (χ0v) is 12.6. The summed E-state index contributed by atoms with van der Waals surface area (Å²) in [6, 6.07) is 10.4. The van der Waals surface area contributed by atoms with E-state index in [1.54, 1.807) is 0 Å². The first kappa shape index (κ1) is 15.7. The van der Waals surface area contributed by atoms with Crippen molar-refractivity contribution in [3.05, 3.63) is 35.9 Å². The van der Waals surface area contributed by atoms with Crippen molar-refractivity contribution in [2.45, 2.75) is 46.2 Å². The highest BCUT2D eigenvalue weighted by molar-refractivity contribution is 5.76. The summed E-state index contributed by atoms with van der Waals surface area (Å²) >= 11 is 0. The molecule has 0 aliphatic heterocycles. The van der Waals surface area contributed by atoms with Gasteiger partial charge in [0.1, 0.15) is 0 Å². The molecule has 0 heterocycles. The second-order valence-corrected chi connectivity index (χ2v) is 5.90.